The second kappa shape index (κ2) is 12.4. The minimum atomic E-state index is -1.19. The molecule has 1 unspecified atom stereocenters. The zero-order valence-corrected chi connectivity index (χ0v) is 23.5. The smallest absolute Gasteiger partial charge is 0.413 e. The van der Waals surface area contributed by atoms with Crippen LogP contribution in [0.4, 0.5) is 16.3 Å². The predicted octanol–water partition coefficient (Wildman–Crippen LogP) is 5.56. The van der Waals surface area contributed by atoms with Crippen molar-refractivity contribution in [2.24, 2.45) is 11.3 Å². The molecule has 0 aliphatic heterocycles. The lowest BCUT2D eigenvalue weighted by Crippen LogP contribution is -2.46. The number of carbonyl (C=O) groups excluding carboxylic acids is 1. The summed E-state index contributed by atoms with van der Waals surface area (Å²) in [5, 5.41) is 29.6. The Morgan fingerprint density at radius 1 is 1.31 bits per heavy atom. The number of carbonyl (C=O) groups is 2. The van der Waals surface area contributed by atoms with Crippen molar-refractivity contribution < 1.29 is 19.8 Å². The highest BCUT2D eigenvalue weighted by atomic mass is 16.4. The number of anilines is 2. The number of allylic oxidation sites excluding steroid dienone is 1. The van der Waals surface area contributed by atoms with E-state index in [0.717, 1.165) is 24.1 Å². The van der Waals surface area contributed by atoms with Gasteiger partial charge < -0.3 is 15.1 Å². The Bertz CT molecular complexity index is 1250. The first kappa shape index (κ1) is 29.8. The number of rotatable bonds is 10. The van der Waals surface area contributed by atoms with Gasteiger partial charge in [-0.3, -0.25) is 14.7 Å². The fourth-order valence-corrected chi connectivity index (χ4v) is 5.05. The van der Waals surface area contributed by atoms with Crippen molar-refractivity contribution in [3.05, 3.63) is 59.7 Å². The van der Waals surface area contributed by atoms with E-state index < -0.39 is 17.1 Å². The average Bonchev–Trinajstić information content (AvgIpc) is 2.88. The molecule has 208 valence electrons. The highest BCUT2D eigenvalue weighted by Crippen LogP contribution is 2.39. The van der Waals surface area contributed by atoms with Crippen LogP contribution in [0.2, 0.25) is 0 Å². The van der Waals surface area contributed by atoms with E-state index >= 15 is 0 Å². The molecule has 1 saturated carbocycles. The largest absolute Gasteiger partial charge is 0.465 e. The van der Waals surface area contributed by atoms with Crippen molar-refractivity contribution in [3.8, 4) is 6.07 Å². The number of carboxylic acid groups (broad SMARTS) is 1. The van der Waals surface area contributed by atoms with Crippen LogP contribution in [-0.4, -0.2) is 45.1 Å². The van der Waals surface area contributed by atoms with Gasteiger partial charge in [0.05, 0.1) is 29.7 Å². The van der Waals surface area contributed by atoms with Crippen LogP contribution in [0.15, 0.2) is 42.9 Å². The molecule has 0 radical (unpaired) electrons. The standard InChI is InChI=1S/C30H39N5O4/c1-6-7-8-13-34(24-14-22(16-31)10-9-21(24)2)20-30(5)15-23(11-12-26(30)36)19-35(28(37)38)27-18-32-25(17-33-27)29(3,4)39/h8-10,13-14,17-18,23,39H,6-7,11-12,15,19-20H2,1-5H3,(H,37,38)/b13-8+/t23?,30-/m0/s1. The number of aliphatic hydroxyl groups is 1. The summed E-state index contributed by atoms with van der Waals surface area (Å²) in [6.07, 6.45) is 9.02. The zero-order valence-electron chi connectivity index (χ0n) is 23.5. The summed E-state index contributed by atoms with van der Waals surface area (Å²) in [6, 6.07) is 7.75. The number of amides is 1. The number of nitriles is 1. The molecule has 1 aromatic carbocycles. The Morgan fingerprint density at radius 2 is 2.05 bits per heavy atom. The number of ketones is 1. The number of Topliss-reactive ketones (excluding diaryl/α,β-unsaturated/α-hetero) is 1. The van der Waals surface area contributed by atoms with Crippen LogP contribution in [0.3, 0.4) is 0 Å². The van der Waals surface area contributed by atoms with Gasteiger partial charge in [0.15, 0.2) is 5.82 Å². The fourth-order valence-electron chi connectivity index (χ4n) is 5.05. The van der Waals surface area contributed by atoms with Gasteiger partial charge in [0.2, 0.25) is 0 Å². The third-order valence-electron chi connectivity index (χ3n) is 7.31. The Balaban J connectivity index is 1.86. The highest BCUT2D eigenvalue weighted by molar-refractivity contribution is 5.87. The molecule has 0 bridgehead atoms. The Hall–Kier alpha value is -3.77. The summed E-state index contributed by atoms with van der Waals surface area (Å²) in [5.74, 6) is 0.271. The predicted molar refractivity (Wildman–Crippen MR) is 150 cm³/mol. The van der Waals surface area contributed by atoms with Crippen LogP contribution in [0.25, 0.3) is 0 Å². The number of hydrogen-bond donors (Lipinski definition) is 2. The molecule has 39 heavy (non-hydrogen) atoms. The molecule has 0 spiro atoms. The summed E-state index contributed by atoms with van der Waals surface area (Å²) in [4.78, 5) is 37.2. The summed E-state index contributed by atoms with van der Waals surface area (Å²) in [7, 11) is 0. The number of benzene rings is 1. The zero-order chi connectivity index (χ0) is 28.8. The normalized spacial score (nSPS) is 19.6. The molecule has 1 amide bonds. The van der Waals surface area contributed by atoms with Gasteiger partial charge in [-0.05, 0) is 63.6 Å². The maximum absolute atomic E-state index is 13.3. The minimum absolute atomic E-state index is 0.0624. The van der Waals surface area contributed by atoms with Crippen LogP contribution in [0.1, 0.15) is 76.6 Å². The van der Waals surface area contributed by atoms with Crippen LogP contribution >= 0.6 is 0 Å². The van der Waals surface area contributed by atoms with Crippen molar-refractivity contribution in [1.29, 1.82) is 5.26 Å². The van der Waals surface area contributed by atoms with Crippen LogP contribution < -0.4 is 9.80 Å². The molecule has 1 aromatic heterocycles. The third kappa shape index (κ3) is 7.42. The Kier molecular flexibility index (Phi) is 9.46. The molecule has 2 atom stereocenters. The van der Waals surface area contributed by atoms with E-state index in [1.54, 1.807) is 19.9 Å². The SMILES string of the molecule is CCC/C=C/N(C[C@]1(C)CC(CN(C(=O)O)c2cnc(C(C)(C)O)cn2)CCC1=O)c1cc(C#N)ccc1C. The van der Waals surface area contributed by atoms with Crippen molar-refractivity contribution in [2.45, 2.75) is 72.3 Å². The maximum atomic E-state index is 13.3. The van der Waals surface area contributed by atoms with Gasteiger partial charge in [0.1, 0.15) is 11.4 Å². The fraction of sp³-hybridized carbons (Fsp3) is 0.500. The maximum Gasteiger partial charge on any atom is 0.413 e. The molecule has 9 heteroatoms. The molecule has 3 rings (SSSR count). The number of aryl methyl sites for hydroxylation is 1. The second-order valence-corrected chi connectivity index (χ2v) is 11.2. The van der Waals surface area contributed by atoms with Gasteiger partial charge in [-0.2, -0.15) is 5.26 Å². The second-order valence-electron chi connectivity index (χ2n) is 11.2. The summed E-state index contributed by atoms with van der Waals surface area (Å²) in [6.45, 7) is 9.82. The van der Waals surface area contributed by atoms with Crippen molar-refractivity contribution in [1.82, 2.24) is 9.97 Å². The molecule has 0 saturated heterocycles. The van der Waals surface area contributed by atoms with Gasteiger partial charge in [-0.25, -0.2) is 9.78 Å². The molecular weight excluding hydrogens is 494 g/mol. The molecule has 1 aliphatic rings. The Morgan fingerprint density at radius 3 is 2.64 bits per heavy atom. The highest BCUT2D eigenvalue weighted by Gasteiger charge is 2.41. The number of unbranched alkanes of at least 4 members (excludes halogenated alkanes) is 1. The first-order chi connectivity index (χ1) is 18.4. The molecule has 1 heterocycles. The molecule has 1 fully saturated rings. The average molecular weight is 534 g/mol. The molecule has 2 aromatic rings. The van der Waals surface area contributed by atoms with E-state index in [1.165, 1.54) is 17.3 Å². The van der Waals surface area contributed by atoms with E-state index in [9.17, 15) is 25.1 Å². The topological polar surface area (TPSA) is 131 Å². The van der Waals surface area contributed by atoms with Crippen molar-refractivity contribution >= 4 is 23.4 Å². The van der Waals surface area contributed by atoms with Gasteiger partial charge in [0.25, 0.3) is 0 Å². The number of hydrogen-bond acceptors (Lipinski definition) is 7. The lowest BCUT2D eigenvalue weighted by molar-refractivity contribution is -0.131. The molecular formula is C30H39N5O4. The number of nitrogens with zero attached hydrogens (tertiary/aromatic N) is 5. The van der Waals surface area contributed by atoms with Crippen LogP contribution in [0.5, 0.6) is 0 Å². The van der Waals surface area contributed by atoms with Crippen LogP contribution in [-0.2, 0) is 10.4 Å². The molecule has 1 aliphatic carbocycles. The first-order valence-electron chi connectivity index (χ1n) is 13.4. The van der Waals surface area contributed by atoms with E-state index in [0.29, 0.717) is 37.1 Å². The van der Waals surface area contributed by atoms with E-state index in [2.05, 4.69) is 33.9 Å². The minimum Gasteiger partial charge on any atom is -0.465 e. The van der Waals surface area contributed by atoms with Crippen molar-refractivity contribution in [2.75, 3.05) is 22.9 Å². The lowest BCUT2D eigenvalue weighted by Gasteiger charge is -2.41. The van der Waals surface area contributed by atoms with Gasteiger partial charge >= 0.3 is 6.09 Å². The summed E-state index contributed by atoms with van der Waals surface area (Å²) in [5.41, 5.74) is 0.884. The van der Waals surface area contributed by atoms with Crippen LogP contribution in [0, 0.1) is 29.6 Å². The summed E-state index contributed by atoms with van der Waals surface area (Å²) < 4.78 is 0. The number of aromatic nitrogens is 2. The monoisotopic (exact) mass is 533 g/mol. The Labute approximate surface area is 230 Å². The third-order valence-corrected chi connectivity index (χ3v) is 7.31. The quantitative estimate of drug-likeness (QED) is 0.406. The van der Waals surface area contributed by atoms with E-state index in [4.69, 9.17) is 0 Å². The van der Waals surface area contributed by atoms with Crippen molar-refractivity contribution in [3.63, 3.8) is 0 Å². The van der Waals surface area contributed by atoms with Gasteiger partial charge in [-0.15, -0.1) is 0 Å². The first-order valence-corrected chi connectivity index (χ1v) is 13.4. The summed E-state index contributed by atoms with van der Waals surface area (Å²) >= 11 is 0. The van der Waals surface area contributed by atoms with Gasteiger partial charge in [0, 0.05) is 36.8 Å². The van der Waals surface area contributed by atoms with E-state index in [1.807, 2.05) is 32.2 Å². The molecule has 9 nitrogen and oxygen atoms in total. The van der Waals surface area contributed by atoms with Gasteiger partial charge in [-0.1, -0.05) is 32.4 Å². The lowest BCUT2D eigenvalue weighted by atomic mass is 9.69. The van der Waals surface area contributed by atoms with E-state index in [-0.39, 0.29) is 24.1 Å². The molecule has 2 N–H and O–H groups in total.